The van der Waals surface area contributed by atoms with Gasteiger partial charge in [0.1, 0.15) is 17.6 Å². The minimum absolute atomic E-state index is 0.133. The van der Waals surface area contributed by atoms with Gasteiger partial charge in [-0.25, -0.2) is 0 Å². The summed E-state index contributed by atoms with van der Waals surface area (Å²) in [5, 5.41) is 10.4. The number of hydrogen-bond donors (Lipinski definition) is 0. The van der Waals surface area contributed by atoms with Crippen LogP contribution in [-0.4, -0.2) is 55.7 Å². The number of methoxy groups -OCH3 is 1. The first kappa shape index (κ1) is 24.5. The number of piperazine rings is 1. The summed E-state index contributed by atoms with van der Waals surface area (Å²) in [6.07, 6.45) is 3.54. The number of halogens is 2. The van der Waals surface area contributed by atoms with Crippen molar-refractivity contribution in [3.8, 4) is 17.6 Å². The van der Waals surface area contributed by atoms with Gasteiger partial charge in [-0.3, -0.25) is 4.79 Å². The van der Waals surface area contributed by atoms with Crippen LogP contribution in [0.5, 0.6) is 11.5 Å². The minimum Gasteiger partial charge on any atom is -0.497 e. The zero-order chi connectivity index (χ0) is 24.8. The minimum atomic E-state index is -0.157. The fourth-order valence-corrected chi connectivity index (χ4v) is 4.04. The van der Waals surface area contributed by atoms with E-state index in [1.165, 1.54) is 0 Å². The van der Waals surface area contributed by atoms with Crippen molar-refractivity contribution in [2.45, 2.75) is 0 Å². The van der Waals surface area contributed by atoms with E-state index in [0.717, 1.165) is 11.3 Å². The van der Waals surface area contributed by atoms with E-state index in [2.05, 4.69) is 11.1 Å². The topological polar surface area (TPSA) is 91.8 Å². The van der Waals surface area contributed by atoms with Gasteiger partial charge in [0.2, 0.25) is 17.5 Å². The lowest BCUT2D eigenvalue weighted by atomic mass is 10.2. The van der Waals surface area contributed by atoms with Gasteiger partial charge in [0, 0.05) is 37.3 Å². The third-order valence-corrected chi connectivity index (χ3v) is 5.94. The first-order valence-electron chi connectivity index (χ1n) is 10.8. The summed E-state index contributed by atoms with van der Waals surface area (Å²) >= 11 is 12.0. The third kappa shape index (κ3) is 6.07. The Kier molecular flexibility index (Phi) is 7.80. The lowest BCUT2D eigenvalue weighted by molar-refractivity contribution is -0.133. The largest absolute Gasteiger partial charge is 0.497 e. The number of ether oxygens (including phenoxy) is 2. The monoisotopic (exact) mass is 512 g/mol. The highest BCUT2D eigenvalue weighted by molar-refractivity contribution is 6.35. The van der Waals surface area contributed by atoms with E-state index in [0.29, 0.717) is 53.7 Å². The molecule has 35 heavy (non-hydrogen) atoms. The molecule has 180 valence electrons. The van der Waals surface area contributed by atoms with E-state index < -0.39 is 0 Å². The Labute approximate surface area is 212 Å². The van der Waals surface area contributed by atoms with Crippen LogP contribution in [0.1, 0.15) is 17.1 Å². The second-order valence-electron chi connectivity index (χ2n) is 7.66. The predicted molar refractivity (Wildman–Crippen MR) is 134 cm³/mol. The van der Waals surface area contributed by atoms with Gasteiger partial charge in [-0.1, -0.05) is 35.3 Å². The van der Waals surface area contributed by atoms with Gasteiger partial charge in [0.25, 0.3) is 5.91 Å². The van der Waals surface area contributed by atoms with Crippen LogP contribution in [-0.2, 0) is 4.79 Å². The van der Waals surface area contributed by atoms with Crippen molar-refractivity contribution in [3.05, 3.63) is 69.7 Å². The van der Waals surface area contributed by atoms with E-state index in [-0.39, 0.29) is 18.2 Å². The first-order valence-corrected chi connectivity index (χ1v) is 11.6. The SMILES string of the molecule is COc1cccc(/C=C/c2nc(C#N)c(N3CCN(C(=O)COc4ccc(Cl)cc4Cl)CC3)o2)c1. The Balaban J connectivity index is 1.35. The number of aromatic nitrogens is 1. The molecule has 4 rings (SSSR count). The third-order valence-electron chi connectivity index (χ3n) is 5.41. The smallest absolute Gasteiger partial charge is 0.260 e. The number of amides is 1. The summed E-state index contributed by atoms with van der Waals surface area (Å²) in [4.78, 5) is 20.5. The number of anilines is 1. The normalized spacial score (nSPS) is 13.7. The lowest BCUT2D eigenvalue weighted by Crippen LogP contribution is -2.50. The fraction of sp³-hybridized carbons (Fsp3) is 0.240. The Bertz CT molecular complexity index is 1280. The Hall–Kier alpha value is -3.67. The average Bonchev–Trinajstić information content (AvgIpc) is 3.30. The van der Waals surface area contributed by atoms with E-state index >= 15 is 0 Å². The Morgan fingerprint density at radius 3 is 2.69 bits per heavy atom. The van der Waals surface area contributed by atoms with Crippen molar-refractivity contribution in [1.29, 1.82) is 5.26 Å². The molecule has 1 aliphatic heterocycles. The van der Waals surface area contributed by atoms with Crippen LogP contribution < -0.4 is 14.4 Å². The molecule has 0 bridgehead atoms. The maximum atomic E-state index is 12.6. The number of carbonyl (C=O) groups excluding carboxylic acids is 1. The van der Waals surface area contributed by atoms with Crippen molar-refractivity contribution in [2.75, 3.05) is 44.8 Å². The van der Waals surface area contributed by atoms with E-state index in [9.17, 15) is 10.1 Å². The number of hydrogen-bond acceptors (Lipinski definition) is 7. The van der Waals surface area contributed by atoms with Crippen molar-refractivity contribution in [3.63, 3.8) is 0 Å². The summed E-state index contributed by atoms with van der Waals surface area (Å²) in [5.41, 5.74) is 1.12. The molecule has 0 atom stereocenters. The molecular weight excluding hydrogens is 491 g/mol. The van der Waals surface area contributed by atoms with E-state index in [1.54, 1.807) is 36.3 Å². The van der Waals surface area contributed by atoms with Gasteiger partial charge < -0.3 is 23.7 Å². The predicted octanol–water partition coefficient (Wildman–Crippen LogP) is 4.76. The lowest BCUT2D eigenvalue weighted by Gasteiger charge is -2.34. The second kappa shape index (κ2) is 11.2. The Morgan fingerprint density at radius 1 is 1.17 bits per heavy atom. The molecule has 1 amide bonds. The average molecular weight is 513 g/mol. The van der Waals surface area contributed by atoms with Crippen LogP contribution in [0.4, 0.5) is 5.88 Å². The van der Waals surface area contributed by atoms with E-state index in [4.69, 9.17) is 37.1 Å². The van der Waals surface area contributed by atoms with Crippen LogP contribution in [0.25, 0.3) is 12.2 Å². The number of carbonyl (C=O) groups is 1. The molecule has 0 radical (unpaired) electrons. The molecule has 0 saturated carbocycles. The van der Waals surface area contributed by atoms with Crippen molar-refractivity contribution in [1.82, 2.24) is 9.88 Å². The highest BCUT2D eigenvalue weighted by atomic mass is 35.5. The summed E-state index contributed by atoms with van der Waals surface area (Å²) in [5.74, 6) is 1.71. The summed E-state index contributed by atoms with van der Waals surface area (Å²) < 4.78 is 16.7. The van der Waals surface area contributed by atoms with Crippen LogP contribution >= 0.6 is 23.2 Å². The maximum absolute atomic E-state index is 12.6. The molecule has 0 aliphatic carbocycles. The molecule has 10 heteroatoms. The molecule has 1 aromatic heterocycles. The van der Waals surface area contributed by atoms with Gasteiger partial charge in [0.15, 0.2) is 6.61 Å². The Morgan fingerprint density at radius 2 is 1.97 bits per heavy atom. The quantitative estimate of drug-likeness (QED) is 0.450. The molecule has 3 aromatic rings. The van der Waals surface area contributed by atoms with Gasteiger partial charge in [-0.2, -0.15) is 10.2 Å². The number of rotatable bonds is 7. The molecule has 0 N–H and O–H groups in total. The fourth-order valence-electron chi connectivity index (χ4n) is 3.58. The molecule has 0 unspecified atom stereocenters. The first-order chi connectivity index (χ1) is 17.0. The summed E-state index contributed by atoms with van der Waals surface area (Å²) in [6.45, 7) is 1.77. The number of benzene rings is 2. The van der Waals surface area contributed by atoms with Gasteiger partial charge in [-0.05, 0) is 42.0 Å². The number of nitrogens with zero attached hydrogens (tertiary/aromatic N) is 4. The van der Waals surface area contributed by atoms with Gasteiger partial charge in [0.05, 0.1) is 12.1 Å². The molecule has 1 saturated heterocycles. The van der Waals surface area contributed by atoms with Crippen molar-refractivity contribution in [2.24, 2.45) is 0 Å². The molecule has 2 heterocycles. The zero-order valence-electron chi connectivity index (χ0n) is 18.9. The highest BCUT2D eigenvalue weighted by Gasteiger charge is 2.26. The standard InChI is InChI=1S/C25H22Cl2N4O4/c1-33-19-4-2-3-17(13-19)5-8-23-29-21(15-28)25(35-23)31-11-9-30(10-12-31)24(32)16-34-22-7-6-18(26)14-20(22)27/h2-8,13-14H,9-12,16H2,1H3/b8-5+. The highest BCUT2D eigenvalue weighted by Crippen LogP contribution is 2.28. The molecular formula is C25H22Cl2N4O4. The van der Waals surface area contributed by atoms with Crippen LogP contribution in [0.3, 0.4) is 0 Å². The molecule has 2 aromatic carbocycles. The molecule has 0 spiro atoms. The second-order valence-corrected chi connectivity index (χ2v) is 8.50. The maximum Gasteiger partial charge on any atom is 0.260 e. The number of oxazole rings is 1. The van der Waals surface area contributed by atoms with Crippen molar-refractivity contribution < 1.29 is 18.7 Å². The van der Waals surface area contributed by atoms with Crippen LogP contribution in [0.2, 0.25) is 10.0 Å². The number of nitriles is 1. The van der Waals surface area contributed by atoms with E-state index in [1.807, 2.05) is 35.2 Å². The van der Waals surface area contributed by atoms with Crippen LogP contribution in [0.15, 0.2) is 46.9 Å². The molecule has 8 nitrogen and oxygen atoms in total. The zero-order valence-corrected chi connectivity index (χ0v) is 20.4. The molecule has 1 fully saturated rings. The van der Waals surface area contributed by atoms with Crippen LogP contribution in [0, 0.1) is 11.3 Å². The van der Waals surface area contributed by atoms with Gasteiger partial charge >= 0.3 is 0 Å². The molecule has 1 aliphatic rings. The van der Waals surface area contributed by atoms with Crippen molar-refractivity contribution >= 4 is 47.1 Å². The van der Waals surface area contributed by atoms with Gasteiger partial charge in [-0.15, -0.1) is 0 Å². The summed E-state index contributed by atoms with van der Waals surface area (Å²) in [6, 6.07) is 14.5. The summed E-state index contributed by atoms with van der Waals surface area (Å²) in [7, 11) is 1.61.